The van der Waals surface area contributed by atoms with E-state index in [-0.39, 0.29) is 22.9 Å². The van der Waals surface area contributed by atoms with Crippen molar-refractivity contribution in [2.24, 2.45) is 0 Å². The molecular formula is C23H17F3N6O4. The van der Waals surface area contributed by atoms with E-state index in [2.05, 4.69) is 15.5 Å². The molecule has 0 spiro atoms. The molecule has 0 saturated heterocycles. The zero-order valence-corrected chi connectivity index (χ0v) is 18.8. The number of anilines is 1. The third-order valence-corrected chi connectivity index (χ3v) is 5.12. The van der Waals surface area contributed by atoms with Gasteiger partial charge in [0.25, 0.3) is 11.6 Å². The lowest BCUT2D eigenvalue weighted by Gasteiger charge is -2.14. The molecule has 13 heteroatoms. The third kappa shape index (κ3) is 4.85. The minimum absolute atomic E-state index is 0.0168. The van der Waals surface area contributed by atoms with Crippen LogP contribution in [0.5, 0.6) is 0 Å². The summed E-state index contributed by atoms with van der Waals surface area (Å²) in [5.74, 6) is -0.762. The van der Waals surface area contributed by atoms with Gasteiger partial charge in [-0.3, -0.25) is 19.7 Å². The number of benzene rings is 2. The topological polar surface area (TPSA) is 125 Å². The van der Waals surface area contributed by atoms with E-state index in [9.17, 15) is 32.9 Å². The van der Waals surface area contributed by atoms with Gasteiger partial charge in [-0.1, -0.05) is 6.07 Å². The number of nitro benzene ring substituents is 1. The molecule has 1 amide bonds. The lowest BCUT2D eigenvalue weighted by molar-refractivity contribution is -0.384. The van der Waals surface area contributed by atoms with Crippen molar-refractivity contribution in [3.05, 3.63) is 104 Å². The van der Waals surface area contributed by atoms with Crippen LogP contribution in [-0.4, -0.2) is 30.4 Å². The van der Waals surface area contributed by atoms with Gasteiger partial charge < -0.3 is 5.32 Å². The summed E-state index contributed by atoms with van der Waals surface area (Å²) in [6, 6.07) is 12.4. The van der Waals surface area contributed by atoms with E-state index in [0.29, 0.717) is 11.4 Å². The van der Waals surface area contributed by atoms with E-state index < -0.39 is 33.7 Å². The van der Waals surface area contributed by atoms with E-state index in [1.54, 1.807) is 6.92 Å². The van der Waals surface area contributed by atoms with E-state index in [4.69, 9.17) is 0 Å². The lowest BCUT2D eigenvalue weighted by atomic mass is 10.2. The van der Waals surface area contributed by atoms with Crippen LogP contribution in [0.25, 0.3) is 11.4 Å². The molecule has 2 aromatic carbocycles. The quantitative estimate of drug-likeness (QED) is 0.325. The summed E-state index contributed by atoms with van der Waals surface area (Å²) in [6.45, 7) is 3.13. The maximum atomic E-state index is 13.2. The molecule has 2 heterocycles. The second-order valence-electron chi connectivity index (χ2n) is 7.77. The molecule has 0 saturated carbocycles. The highest BCUT2D eigenvalue weighted by Crippen LogP contribution is 2.30. The lowest BCUT2D eigenvalue weighted by Crippen LogP contribution is -2.27. The number of halogens is 3. The second kappa shape index (κ2) is 9.09. The van der Waals surface area contributed by atoms with Gasteiger partial charge in [-0.15, -0.1) is 0 Å². The average Bonchev–Trinajstić information content (AvgIpc) is 3.18. The fourth-order valence-electron chi connectivity index (χ4n) is 3.46. The summed E-state index contributed by atoms with van der Waals surface area (Å²) in [5.41, 5.74) is -1.17. The van der Waals surface area contributed by atoms with Crippen LogP contribution in [0.4, 0.5) is 24.7 Å². The number of carbonyl (C=O) groups excluding carboxylic acids is 1. The number of nitro groups is 1. The van der Waals surface area contributed by atoms with Crippen LogP contribution in [0.1, 0.15) is 27.4 Å². The maximum Gasteiger partial charge on any atom is 0.416 e. The molecule has 0 aliphatic carbocycles. The fraction of sp³-hybridized carbons (Fsp3) is 0.130. The highest BCUT2D eigenvalue weighted by Gasteiger charge is 2.30. The molecule has 0 unspecified atom stereocenters. The Labute approximate surface area is 200 Å². The molecule has 0 fully saturated rings. The molecule has 2 aromatic heterocycles. The molecule has 0 radical (unpaired) electrons. The van der Waals surface area contributed by atoms with Gasteiger partial charge in [0.15, 0.2) is 5.69 Å². The molecule has 10 nitrogen and oxygen atoms in total. The first-order valence-corrected chi connectivity index (χ1v) is 10.4. The normalized spacial score (nSPS) is 11.4. The summed E-state index contributed by atoms with van der Waals surface area (Å²) in [4.78, 5) is 35.9. The summed E-state index contributed by atoms with van der Waals surface area (Å²) < 4.78 is 41.9. The molecule has 0 aliphatic rings. The predicted octanol–water partition coefficient (Wildman–Crippen LogP) is 4.21. The summed E-state index contributed by atoms with van der Waals surface area (Å²) in [6.07, 6.45) is -4.59. The number of alkyl halides is 3. The number of rotatable bonds is 5. The van der Waals surface area contributed by atoms with Crippen LogP contribution >= 0.6 is 0 Å². The fourth-order valence-corrected chi connectivity index (χ4v) is 3.46. The zero-order chi connectivity index (χ0) is 26.2. The molecule has 0 aliphatic heterocycles. The van der Waals surface area contributed by atoms with Crippen molar-refractivity contribution in [2.75, 3.05) is 5.32 Å². The van der Waals surface area contributed by atoms with Gasteiger partial charge in [0.2, 0.25) is 5.43 Å². The average molecular weight is 498 g/mol. The number of nitrogens with zero attached hydrogens (tertiary/aromatic N) is 5. The summed E-state index contributed by atoms with van der Waals surface area (Å²) in [5, 5.41) is 21.7. The number of nitrogens with one attached hydrogen (secondary N) is 1. The summed E-state index contributed by atoms with van der Waals surface area (Å²) >= 11 is 0. The standard InChI is InChI=1S/C23H17F3N6O4/c1-13-10-20(31(28-13)16-6-8-17(9-7-16)32(35)36)27-22(34)21-19(33)11-14(2)30(29-21)18-5-3-4-15(12-18)23(24,25)26/h3-12H,1-2H3,(H,27,34). The van der Waals surface area contributed by atoms with Crippen molar-refractivity contribution < 1.29 is 22.9 Å². The number of carbonyl (C=O) groups is 1. The van der Waals surface area contributed by atoms with Crippen molar-refractivity contribution in [3.63, 3.8) is 0 Å². The first kappa shape index (κ1) is 24.3. The van der Waals surface area contributed by atoms with Gasteiger partial charge >= 0.3 is 6.18 Å². The minimum atomic E-state index is -4.59. The van der Waals surface area contributed by atoms with E-state index >= 15 is 0 Å². The molecule has 4 aromatic rings. The van der Waals surface area contributed by atoms with E-state index in [1.807, 2.05) is 0 Å². The van der Waals surface area contributed by atoms with Crippen molar-refractivity contribution >= 4 is 17.4 Å². The van der Waals surface area contributed by atoms with Crippen LogP contribution in [0, 0.1) is 24.0 Å². The Morgan fingerprint density at radius 2 is 1.67 bits per heavy atom. The third-order valence-electron chi connectivity index (χ3n) is 5.12. The van der Waals surface area contributed by atoms with Gasteiger partial charge in [0.1, 0.15) is 5.82 Å². The van der Waals surface area contributed by atoms with Crippen molar-refractivity contribution in [2.45, 2.75) is 20.0 Å². The van der Waals surface area contributed by atoms with Gasteiger partial charge in [0, 0.05) is 30.0 Å². The molecule has 1 N–H and O–H groups in total. The van der Waals surface area contributed by atoms with Gasteiger partial charge in [-0.2, -0.15) is 23.4 Å². The number of hydrogen-bond acceptors (Lipinski definition) is 6. The van der Waals surface area contributed by atoms with Crippen molar-refractivity contribution in [1.29, 1.82) is 0 Å². The Hall–Kier alpha value is -4.81. The van der Waals surface area contributed by atoms with E-state index in [1.165, 1.54) is 54.1 Å². The SMILES string of the molecule is Cc1cc(NC(=O)c2nn(-c3cccc(C(F)(F)F)c3)c(C)cc2=O)n(-c2ccc([N+](=O)[O-])cc2)n1. The van der Waals surface area contributed by atoms with E-state index in [0.717, 1.165) is 22.9 Å². The monoisotopic (exact) mass is 498 g/mol. The zero-order valence-electron chi connectivity index (χ0n) is 18.8. The number of aryl methyl sites for hydroxylation is 2. The minimum Gasteiger partial charge on any atom is -0.305 e. The van der Waals surface area contributed by atoms with Gasteiger partial charge in [-0.25, -0.2) is 9.36 Å². The molecule has 36 heavy (non-hydrogen) atoms. The Bertz CT molecular complexity index is 1540. The summed E-state index contributed by atoms with van der Waals surface area (Å²) in [7, 11) is 0. The molecule has 184 valence electrons. The Morgan fingerprint density at radius 1 is 0.972 bits per heavy atom. The Kier molecular flexibility index (Phi) is 6.14. The van der Waals surface area contributed by atoms with Crippen LogP contribution in [0.15, 0.2) is 65.5 Å². The van der Waals surface area contributed by atoms with Crippen molar-refractivity contribution in [1.82, 2.24) is 19.6 Å². The largest absolute Gasteiger partial charge is 0.416 e. The molecular weight excluding hydrogens is 481 g/mol. The van der Waals surface area contributed by atoms with Crippen LogP contribution in [-0.2, 0) is 6.18 Å². The maximum absolute atomic E-state index is 13.2. The molecule has 0 bridgehead atoms. The predicted molar refractivity (Wildman–Crippen MR) is 122 cm³/mol. The first-order chi connectivity index (χ1) is 16.9. The second-order valence-corrected chi connectivity index (χ2v) is 7.77. The number of amides is 1. The number of aromatic nitrogens is 4. The van der Waals surface area contributed by atoms with Crippen molar-refractivity contribution in [3.8, 4) is 11.4 Å². The Morgan fingerprint density at radius 3 is 2.31 bits per heavy atom. The van der Waals surface area contributed by atoms with Gasteiger partial charge in [-0.05, 0) is 44.2 Å². The molecule has 0 atom stereocenters. The van der Waals surface area contributed by atoms with Crippen LogP contribution in [0.3, 0.4) is 0 Å². The molecule has 4 rings (SSSR count). The highest BCUT2D eigenvalue weighted by atomic mass is 19.4. The number of hydrogen-bond donors (Lipinski definition) is 1. The smallest absolute Gasteiger partial charge is 0.305 e. The highest BCUT2D eigenvalue weighted by molar-refractivity contribution is 6.02. The Balaban J connectivity index is 1.69. The first-order valence-electron chi connectivity index (χ1n) is 10.4. The number of non-ortho nitro benzene ring substituents is 1. The van der Waals surface area contributed by atoms with Gasteiger partial charge in [0.05, 0.1) is 27.6 Å². The van der Waals surface area contributed by atoms with Crippen LogP contribution in [0.2, 0.25) is 0 Å². The van der Waals surface area contributed by atoms with Crippen LogP contribution < -0.4 is 10.7 Å².